The van der Waals surface area contributed by atoms with Crippen molar-refractivity contribution in [3.05, 3.63) is 95.0 Å². The molecule has 27 heavy (non-hydrogen) atoms. The van der Waals surface area contributed by atoms with Crippen LogP contribution in [0.4, 0.5) is 0 Å². The van der Waals surface area contributed by atoms with Gasteiger partial charge in [-0.25, -0.2) is 0 Å². The van der Waals surface area contributed by atoms with Gasteiger partial charge < -0.3 is 5.11 Å². The van der Waals surface area contributed by atoms with Gasteiger partial charge in [0.25, 0.3) is 0 Å². The van der Waals surface area contributed by atoms with Crippen molar-refractivity contribution in [1.82, 2.24) is 0 Å². The van der Waals surface area contributed by atoms with Crippen LogP contribution in [0.25, 0.3) is 27.8 Å². The summed E-state index contributed by atoms with van der Waals surface area (Å²) in [6, 6.07) is 24.7. The molecule has 1 nitrogen and oxygen atoms in total. The molecular weight excluding hydrogens is 396 g/mol. The van der Waals surface area contributed by atoms with E-state index in [1.54, 1.807) is 0 Å². The molecule has 0 aliphatic heterocycles. The highest BCUT2D eigenvalue weighted by molar-refractivity contribution is 9.12. The summed E-state index contributed by atoms with van der Waals surface area (Å²) in [5, 5.41) is 11.1. The number of phenolic OH excluding ortho intramolecular Hbond substituents is 1. The van der Waals surface area contributed by atoms with Crippen LogP contribution in [-0.2, 0) is 0 Å². The number of hydrogen-bond acceptors (Lipinski definition) is 1. The molecule has 2 heteroatoms. The van der Waals surface area contributed by atoms with Gasteiger partial charge in [0, 0.05) is 15.6 Å². The molecular formula is C25H21BrO. The number of phenols is 1. The summed E-state index contributed by atoms with van der Waals surface area (Å²) in [4.78, 5) is 0. The molecule has 0 bridgehead atoms. The van der Waals surface area contributed by atoms with Gasteiger partial charge in [-0.05, 0) is 40.7 Å². The first-order chi connectivity index (χ1) is 13.1. The Balaban J connectivity index is 1.82. The molecule has 3 aromatic rings. The van der Waals surface area contributed by atoms with Crippen molar-refractivity contribution in [2.24, 2.45) is 5.92 Å². The van der Waals surface area contributed by atoms with Crippen LogP contribution in [-0.4, -0.2) is 5.11 Å². The normalized spacial score (nSPS) is 16.6. The summed E-state index contributed by atoms with van der Waals surface area (Å²) in [7, 11) is 0. The minimum absolute atomic E-state index is 0.344. The molecule has 1 aliphatic rings. The van der Waals surface area contributed by atoms with Crippen molar-refractivity contribution in [1.29, 1.82) is 0 Å². The molecule has 0 spiro atoms. The average molecular weight is 417 g/mol. The lowest BCUT2D eigenvalue weighted by Gasteiger charge is -2.22. The zero-order chi connectivity index (χ0) is 18.8. The van der Waals surface area contributed by atoms with E-state index < -0.39 is 0 Å². The van der Waals surface area contributed by atoms with Crippen LogP contribution < -0.4 is 0 Å². The molecule has 0 saturated heterocycles. The second-order valence-corrected chi connectivity index (χ2v) is 7.80. The van der Waals surface area contributed by atoms with Gasteiger partial charge >= 0.3 is 0 Å². The Labute approximate surface area is 168 Å². The summed E-state index contributed by atoms with van der Waals surface area (Å²) in [5.41, 5.74) is 6.27. The smallest absolute Gasteiger partial charge is 0.130 e. The van der Waals surface area contributed by atoms with Crippen molar-refractivity contribution >= 4 is 21.5 Å². The number of halogens is 1. The van der Waals surface area contributed by atoms with Crippen molar-refractivity contribution in [3.8, 4) is 28.0 Å². The first-order valence-electron chi connectivity index (χ1n) is 9.19. The highest BCUT2D eigenvalue weighted by Crippen LogP contribution is 2.43. The third-order valence-electron chi connectivity index (χ3n) is 5.11. The molecule has 0 heterocycles. The average Bonchev–Trinajstić information content (AvgIpc) is 2.70. The highest BCUT2D eigenvalue weighted by atomic mass is 79.9. The minimum atomic E-state index is 0.344. The van der Waals surface area contributed by atoms with Crippen molar-refractivity contribution in [2.75, 3.05) is 0 Å². The van der Waals surface area contributed by atoms with Gasteiger partial charge in [-0.15, -0.1) is 0 Å². The largest absolute Gasteiger partial charge is 0.507 e. The quantitative estimate of drug-likeness (QED) is 0.470. The number of benzene rings is 3. The third kappa shape index (κ3) is 3.50. The molecule has 3 aromatic carbocycles. The summed E-state index contributed by atoms with van der Waals surface area (Å²) >= 11 is 3.67. The van der Waals surface area contributed by atoms with Crippen LogP contribution in [0.1, 0.15) is 18.9 Å². The third-order valence-corrected chi connectivity index (χ3v) is 5.80. The first-order valence-corrected chi connectivity index (χ1v) is 9.99. The number of allylic oxidation sites excluding steroid dienone is 4. The SMILES string of the molecule is CC1CC=CC(Br)=C1c1cccc(-c2cccc(-c3ccccc3)c2)c1O. The Hall–Kier alpha value is -2.58. The Bertz CT molecular complexity index is 1030. The number of para-hydroxylation sites is 1. The van der Waals surface area contributed by atoms with E-state index in [2.05, 4.69) is 65.3 Å². The maximum atomic E-state index is 11.1. The molecule has 1 atom stereocenters. The lowest BCUT2D eigenvalue weighted by Crippen LogP contribution is -2.03. The fourth-order valence-corrected chi connectivity index (χ4v) is 4.49. The molecule has 1 aliphatic carbocycles. The van der Waals surface area contributed by atoms with E-state index in [4.69, 9.17) is 0 Å². The van der Waals surface area contributed by atoms with Crippen LogP contribution in [0.15, 0.2) is 89.4 Å². The molecule has 1 unspecified atom stereocenters. The molecule has 4 rings (SSSR count). The molecule has 0 radical (unpaired) electrons. The van der Waals surface area contributed by atoms with E-state index >= 15 is 0 Å². The molecule has 1 N–H and O–H groups in total. The maximum absolute atomic E-state index is 11.1. The van der Waals surface area contributed by atoms with Crippen molar-refractivity contribution in [2.45, 2.75) is 13.3 Å². The van der Waals surface area contributed by atoms with Gasteiger partial charge in [0.2, 0.25) is 0 Å². The zero-order valence-corrected chi connectivity index (χ0v) is 16.8. The van der Waals surface area contributed by atoms with E-state index in [0.717, 1.165) is 38.7 Å². The summed E-state index contributed by atoms with van der Waals surface area (Å²) in [6.45, 7) is 2.20. The predicted octanol–water partition coefficient (Wildman–Crippen LogP) is 7.43. The van der Waals surface area contributed by atoms with E-state index in [1.165, 1.54) is 5.56 Å². The van der Waals surface area contributed by atoms with E-state index in [9.17, 15) is 5.11 Å². The van der Waals surface area contributed by atoms with Crippen LogP contribution in [0.3, 0.4) is 0 Å². The van der Waals surface area contributed by atoms with Gasteiger partial charge in [-0.3, -0.25) is 0 Å². The number of rotatable bonds is 3. The van der Waals surface area contributed by atoms with Gasteiger partial charge in [0.1, 0.15) is 5.75 Å². The van der Waals surface area contributed by atoms with Crippen molar-refractivity contribution < 1.29 is 5.11 Å². The highest BCUT2D eigenvalue weighted by Gasteiger charge is 2.21. The standard InChI is InChI=1S/C25H21BrO/c1-17-8-5-15-23(26)24(17)22-14-7-13-21(25(22)27)20-12-6-11-19(16-20)18-9-3-2-4-10-18/h2-7,9-17,27H,8H2,1H3. The van der Waals surface area contributed by atoms with Crippen LogP contribution >= 0.6 is 15.9 Å². The van der Waals surface area contributed by atoms with Crippen molar-refractivity contribution in [3.63, 3.8) is 0 Å². The molecule has 0 amide bonds. The van der Waals surface area contributed by atoms with Crippen LogP contribution in [0.2, 0.25) is 0 Å². The summed E-state index contributed by atoms with van der Waals surface area (Å²) in [6.07, 6.45) is 5.23. The molecule has 0 saturated carbocycles. The Morgan fingerprint density at radius 3 is 2.26 bits per heavy atom. The fourth-order valence-electron chi connectivity index (χ4n) is 3.70. The monoisotopic (exact) mass is 416 g/mol. The summed E-state index contributed by atoms with van der Waals surface area (Å²) in [5.74, 6) is 0.706. The molecule has 0 aromatic heterocycles. The Kier molecular flexibility index (Phi) is 5.00. The number of hydrogen-bond donors (Lipinski definition) is 1. The second-order valence-electron chi connectivity index (χ2n) is 6.95. The van der Waals surface area contributed by atoms with E-state index in [-0.39, 0.29) is 0 Å². The lowest BCUT2D eigenvalue weighted by atomic mass is 9.86. The van der Waals surface area contributed by atoms with Gasteiger partial charge in [-0.1, -0.05) is 102 Å². The van der Waals surface area contributed by atoms with Gasteiger partial charge in [0.15, 0.2) is 0 Å². The second kappa shape index (κ2) is 7.58. The maximum Gasteiger partial charge on any atom is 0.130 e. The molecule has 0 fully saturated rings. The minimum Gasteiger partial charge on any atom is -0.507 e. The van der Waals surface area contributed by atoms with Crippen LogP contribution in [0, 0.1) is 5.92 Å². The Morgan fingerprint density at radius 1 is 0.815 bits per heavy atom. The lowest BCUT2D eigenvalue weighted by molar-refractivity contribution is 0.474. The first kappa shape index (κ1) is 17.8. The predicted molar refractivity (Wildman–Crippen MR) is 118 cm³/mol. The van der Waals surface area contributed by atoms with Gasteiger partial charge in [0.05, 0.1) is 0 Å². The Morgan fingerprint density at radius 2 is 1.48 bits per heavy atom. The van der Waals surface area contributed by atoms with Gasteiger partial charge in [-0.2, -0.15) is 0 Å². The summed E-state index contributed by atoms with van der Waals surface area (Å²) < 4.78 is 1.05. The zero-order valence-electron chi connectivity index (χ0n) is 15.2. The molecule has 134 valence electrons. The number of aromatic hydroxyl groups is 1. The van der Waals surface area contributed by atoms with E-state index in [0.29, 0.717) is 11.7 Å². The van der Waals surface area contributed by atoms with E-state index in [1.807, 2.05) is 42.5 Å². The van der Waals surface area contributed by atoms with Crippen LogP contribution in [0.5, 0.6) is 5.75 Å². The fraction of sp³-hybridized carbons (Fsp3) is 0.120. The topological polar surface area (TPSA) is 20.2 Å².